The Balaban J connectivity index is 2.13. The van der Waals surface area contributed by atoms with E-state index in [4.69, 9.17) is 0 Å². The van der Waals surface area contributed by atoms with Gasteiger partial charge in [-0.2, -0.15) is 0 Å². The molecule has 4 aromatic rings. The molecule has 27 heavy (non-hydrogen) atoms. The first-order valence-corrected chi connectivity index (χ1v) is 9.19. The summed E-state index contributed by atoms with van der Waals surface area (Å²) in [6.07, 6.45) is 2.50. The zero-order valence-electron chi connectivity index (χ0n) is 15.1. The van der Waals surface area contributed by atoms with Crippen molar-refractivity contribution in [1.82, 2.24) is 9.55 Å². The van der Waals surface area contributed by atoms with Gasteiger partial charge >= 0.3 is 0 Å². The number of pyridine rings is 1. The molecule has 0 radical (unpaired) electrons. The summed E-state index contributed by atoms with van der Waals surface area (Å²) in [4.78, 5) is 4.49. The van der Waals surface area contributed by atoms with Crippen molar-refractivity contribution in [2.24, 2.45) is 0 Å². The van der Waals surface area contributed by atoms with Gasteiger partial charge in [-0.3, -0.25) is 4.57 Å². The van der Waals surface area contributed by atoms with Crippen LogP contribution in [0.3, 0.4) is 0 Å². The maximum Gasteiger partial charge on any atom is 0.137 e. The first kappa shape index (κ1) is 17.4. The molecular formula is C23H21FN2O. The van der Waals surface area contributed by atoms with Crippen LogP contribution in [-0.2, 0) is 0 Å². The van der Waals surface area contributed by atoms with Crippen molar-refractivity contribution in [3.05, 3.63) is 84.4 Å². The van der Waals surface area contributed by atoms with Gasteiger partial charge in [0.2, 0.25) is 0 Å². The van der Waals surface area contributed by atoms with E-state index in [2.05, 4.69) is 4.98 Å². The summed E-state index contributed by atoms with van der Waals surface area (Å²) in [6.45, 7) is 2.04. The molecule has 0 aliphatic rings. The van der Waals surface area contributed by atoms with Crippen molar-refractivity contribution in [2.75, 3.05) is 0 Å². The molecule has 3 nitrogen and oxygen atoms in total. The van der Waals surface area contributed by atoms with Crippen LogP contribution >= 0.6 is 0 Å². The van der Waals surface area contributed by atoms with Crippen LogP contribution in [-0.4, -0.2) is 14.7 Å². The number of aliphatic hydroxyl groups excluding tert-OH is 1. The predicted octanol–water partition coefficient (Wildman–Crippen LogP) is 5.67. The largest absolute Gasteiger partial charge is 0.387 e. The van der Waals surface area contributed by atoms with E-state index >= 15 is 0 Å². The summed E-state index contributed by atoms with van der Waals surface area (Å²) < 4.78 is 16.1. The Morgan fingerprint density at radius 1 is 1.04 bits per heavy atom. The topological polar surface area (TPSA) is 38.0 Å². The highest BCUT2D eigenvalue weighted by Gasteiger charge is 2.25. The van der Waals surface area contributed by atoms with Gasteiger partial charge in [-0.05, 0) is 42.3 Å². The molecule has 4 rings (SSSR count). The molecule has 0 spiro atoms. The van der Waals surface area contributed by atoms with Gasteiger partial charge in [0, 0.05) is 17.1 Å². The molecule has 0 saturated carbocycles. The van der Waals surface area contributed by atoms with Gasteiger partial charge < -0.3 is 5.11 Å². The Kier molecular flexibility index (Phi) is 4.73. The number of benzene rings is 2. The maximum atomic E-state index is 14.1. The van der Waals surface area contributed by atoms with Crippen LogP contribution in [0.2, 0.25) is 0 Å². The standard InChI is InChI=1S/C23H21FN2O/c1-2-8-20(27)23-22(16-9-4-3-5-10-16)18-15-17(24)12-13-19(18)26(23)21-11-6-7-14-25-21/h3-7,9-15,20,27H,2,8H2,1H3. The first-order chi connectivity index (χ1) is 13.2. The lowest BCUT2D eigenvalue weighted by Crippen LogP contribution is -2.08. The van der Waals surface area contributed by atoms with Crippen LogP contribution in [0, 0.1) is 5.82 Å². The minimum atomic E-state index is -0.678. The molecule has 0 amide bonds. The number of aromatic nitrogens is 2. The minimum Gasteiger partial charge on any atom is -0.387 e. The SMILES string of the molecule is CCCC(O)c1c(-c2ccccc2)c2cc(F)ccc2n1-c1ccccn1. The van der Waals surface area contributed by atoms with Gasteiger partial charge in [0.15, 0.2) is 0 Å². The van der Waals surface area contributed by atoms with Gasteiger partial charge in [-0.25, -0.2) is 9.37 Å². The number of rotatable bonds is 5. The Morgan fingerprint density at radius 3 is 2.52 bits per heavy atom. The van der Waals surface area contributed by atoms with E-state index in [0.717, 1.165) is 34.1 Å². The molecule has 0 bridgehead atoms. The second-order valence-electron chi connectivity index (χ2n) is 6.62. The van der Waals surface area contributed by atoms with E-state index in [0.29, 0.717) is 12.2 Å². The first-order valence-electron chi connectivity index (χ1n) is 9.19. The van der Waals surface area contributed by atoms with Crippen molar-refractivity contribution in [2.45, 2.75) is 25.9 Å². The van der Waals surface area contributed by atoms with Gasteiger partial charge in [0.1, 0.15) is 11.6 Å². The molecular weight excluding hydrogens is 339 g/mol. The number of hydrogen-bond acceptors (Lipinski definition) is 2. The lowest BCUT2D eigenvalue weighted by atomic mass is 9.98. The van der Waals surface area contributed by atoms with Gasteiger partial charge in [0.05, 0.1) is 17.3 Å². The van der Waals surface area contributed by atoms with Crippen molar-refractivity contribution in [3.63, 3.8) is 0 Å². The number of hydrogen-bond donors (Lipinski definition) is 1. The highest BCUT2D eigenvalue weighted by molar-refractivity contribution is 5.99. The predicted molar refractivity (Wildman–Crippen MR) is 106 cm³/mol. The van der Waals surface area contributed by atoms with Crippen molar-refractivity contribution in [1.29, 1.82) is 0 Å². The summed E-state index contributed by atoms with van der Waals surface area (Å²) in [6, 6.07) is 20.3. The third-order valence-electron chi connectivity index (χ3n) is 4.78. The molecule has 2 aromatic heterocycles. The molecule has 1 N–H and O–H groups in total. The van der Waals surface area contributed by atoms with E-state index in [-0.39, 0.29) is 5.82 Å². The number of halogens is 1. The Hall–Kier alpha value is -2.98. The molecule has 2 aromatic carbocycles. The summed E-state index contributed by atoms with van der Waals surface area (Å²) in [5, 5.41) is 11.8. The summed E-state index contributed by atoms with van der Waals surface area (Å²) in [7, 11) is 0. The van der Waals surface area contributed by atoms with E-state index in [1.807, 2.05) is 60.0 Å². The average molecular weight is 360 g/mol. The van der Waals surface area contributed by atoms with E-state index in [1.54, 1.807) is 18.3 Å². The minimum absolute atomic E-state index is 0.297. The molecule has 4 heteroatoms. The average Bonchev–Trinajstić information content (AvgIpc) is 3.04. The fraction of sp³-hybridized carbons (Fsp3) is 0.174. The smallest absolute Gasteiger partial charge is 0.137 e. The number of fused-ring (bicyclic) bond motifs is 1. The second-order valence-corrected chi connectivity index (χ2v) is 6.62. The molecule has 1 unspecified atom stereocenters. The van der Waals surface area contributed by atoms with Gasteiger partial charge in [0.25, 0.3) is 0 Å². The Morgan fingerprint density at radius 2 is 1.81 bits per heavy atom. The second kappa shape index (κ2) is 7.33. The summed E-state index contributed by atoms with van der Waals surface area (Å²) in [5.74, 6) is 0.413. The van der Waals surface area contributed by atoms with Gasteiger partial charge in [-0.15, -0.1) is 0 Å². The van der Waals surface area contributed by atoms with Crippen LogP contribution in [0.4, 0.5) is 4.39 Å². The van der Waals surface area contributed by atoms with Crippen LogP contribution in [0.25, 0.3) is 27.8 Å². The van der Waals surface area contributed by atoms with Crippen molar-refractivity contribution in [3.8, 4) is 16.9 Å². The molecule has 0 aliphatic heterocycles. The number of nitrogens with zero attached hydrogens (tertiary/aromatic N) is 2. The highest BCUT2D eigenvalue weighted by atomic mass is 19.1. The number of aliphatic hydroxyl groups is 1. The lowest BCUT2D eigenvalue weighted by Gasteiger charge is -2.17. The zero-order chi connectivity index (χ0) is 18.8. The van der Waals surface area contributed by atoms with E-state index < -0.39 is 6.10 Å². The lowest BCUT2D eigenvalue weighted by molar-refractivity contribution is 0.161. The molecule has 1 atom stereocenters. The maximum absolute atomic E-state index is 14.1. The monoisotopic (exact) mass is 360 g/mol. The third-order valence-corrected chi connectivity index (χ3v) is 4.78. The van der Waals surface area contributed by atoms with E-state index in [1.165, 1.54) is 6.07 Å². The molecule has 136 valence electrons. The Labute approximate surface area is 157 Å². The van der Waals surface area contributed by atoms with Crippen LogP contribution in [0.15, 0.2) is 72.9 Å². The third kappa shape index (κ3) is 3.13. The summed E-state index contributed by atoms with van der Waals surface area (Å²) in [5.41, 5.74) is 3.39. The van der Waals surface area contributed by atoms with Crippen LogP contribution < -0.4 is 0 Å². The highest BCUT2D eigenvalue weighted by Crippen LogP contribution is 2.41. The molecule has 0 saturated heterocycles. The quantitative estimate of drug-likeness (QED) is 0.498. The fourth-order valence-electron chi connectivity index (χ4n) is 3.65. The van der Waals surface area contributed by atoms with Crippen LogP contribution in [0.1, 0.15) is 31.6 Å². The van der Waals surface area contributed by atoms with Crippen molar-refractivity contribution < 1.29 is 9.50 Å². The fourth-order valence-corrected chi connectivity index (χ4v) is 3.65. The molecule has 2 heterocycles. The van der Waals surface area contributed by atoms with Crippen molar-refractivity contribution >= 4 is 10.9 Å². The van der Waals surface area contributed by atoms with E-state index in [9.17, 15) is 9.50 Å². The molecule has 0 fully saturated rings. The van der Waals surface area contributed by atoms with Gasteiger partial charge in [-0.1, -0.05) is 49.7 Å². The normalized spacial score (nSPS) is 12.4. The Bertz CT molecular complexity index is 1060. The zero-order valence-corrected chi connectivity index (χ0v) is 15.1. The van der Waals surface area contributed by atoms with Crippen LogP contribution in [0.5, 0.6) is 0 Å². The summed E-state index contributed by atoms with van der Waals surface area (Å²) >= 11 is 0. The molecule has 0 aliphatic carbocycles.